The van der Waals surface area contributed by atoms with E-state index < -0.39 is 0 Å². The lowest BCUT2D eigenvalue weighted by Crippen LogP contribution is -2.18. The molecule has 0 saturated carbocycles. The second-order valence-corrected chi connectivity index (χ2v) is 5.26. The van der Waals surface area contributed by atoms with Gasteiger partial charge in [0.15, 0.2) is 5.65 Å². The maximum absolute atomic E-state index is 5.46. The molecule has 1 aromatic carbocycles. The van der Waals surface area contributed by atoms with E-state index in [-0.39, 0.29) is 6.79 Å². The van der Waals surface area contributed by atoms with Gasteiger partial charge in [0, 0.05) is 18.8 Å². The summed E-state index contributed by atoms with van der Waals surface area (Å²) in [6.07, 6.45) is 5.23. The van der Waals surface area contributed by atoms with Crippen molar-refractivity contribution in [2.45, 2.75) is 0 Å². The Hall–Kier alpha value is -3.22. The fraction of sp³-hybridized carbons (Fsp3) is 0.176. The molecule has 7 nitrogen and oxygen atoms in total. The summed E-state index contributed by atoms with van der Waals surface area (Å²) in [6.45, 7) is 0.223. The smallest absolute Gasteiger partial charge is 0.233 e. The first kappa shape index (κ1) is 14.4. The monoisotopic (exact) mass is 324 g/mol. The van der Waals surface area contributed by atoms with Gasteiger partial charge in [0.05, 0.1) is 18.9 Å². The van der Waals surface area contributed by atoms with Crippen molar-refractivity contribution < 1.29 is 14.2 Å². The summed E-state index contributed by atoms with van der Waals surface area (Å²) < 4.78 is 17.7. The number of methoxy groups -OCH3 is 1. The third kappa shape index (κ3) is 2.30. The zero-order chi connectivity index (χ0) is 16.5. The van der Waals surface area contributed by atoms with E-state index in [2.05, 4.69) is 5.10 Å². The van der Waals surface area contributed by atoms with Crippen LogP contribution in [0.15, 0.2) is 54.9 Å². The average Bonchev–Trinajstić information content (AvgIpc) is 3.30. The molecular formula is C17H16N4O3. The molecule has 122 valence electrons. The molecule has 0 aliphatic carbocycles. The van der Waals surface area contributed by atoms with Crippen LogP contribution in [0.4, 0.5) is 5.82 Å². The number of para-hydroxylation sites is 1. The van der Waals surface area contributed by atoms with Gasteiger partial charge in [-0.05, 0) is 12.1 Å². The quantitative estimate of drug-likeness (QED) is 0.735. The average molecular weight is 324 g/mol. The van der Waals surface area contributed by atoms with Crippen molar-refractivity contribution in [2.75, 3.05) is 25.9 Å². The Morgan fingerprint density at radius 2 is 2.08 bits per heavy atom. The molecule has 24 heavy (non-hydrogen) atoms. The lowest BCUT2D eigenvalue weighted by Gasteiger charge is -2.17. The molecule has 0 atom stereocenters. The minimum Gasteiger partial charge on any atom is -0.496 e. The van der Waals surface area contributed by atoms with E-state index in [1.165, 1.54) is 0 Å². The van der Waals surface area contributed by atoms with E-state index in [1.807, 2.05) is 48.5 Å². The lowest BCUT2D eigenvalue weighted by atomic mass is 10.1. The summed E-state index contributed by atoms with van der Waals surface area (Å²) in [6, 6.07) is 9.68. The molecule has 0 fully saturated rings. The first-order valence-corrected chi connectivity index (χ1v) is 7.44. The van der Waals surface area contributed by atoms with Crippen LogP contribution >= 0.6 is 0 Å². The number of aromatic nitrogens is 3. The molecule has 0 amide bonds. The van der Waals surface area contributed by atoms with Gasteiger partial charge in [-0.1, -0.05) is 18.2 Å². The second kappa shape index (κ2) is 5.77. The van der Waals surface area contributed by atoms with E-state index >= 15 is 0 Å². The van der Waals surface area contributed by atoms with E-state index in [9.17, 15) is 0 Å². The van der Waals surface area contributed by atoms with Gasteiger partial charge in [-0.2, -0.15) is 5.10 Å². The van der Waals surface area contributed by atoms with Gasteiger partial charge in [-0.25, -0.2) is 9.50 Å². The van der Waals surface area contributed by atoms with Gasteiger partial charge >= 0.3 is 0 Å². The molecule has 0 spiro atoms. The van der Waals surface area contributed by atoms with Crippen molar-refractivity contribution in [2.24, 2.45) is 0 Å². The molecule has 3 heterocycles. The molecule has 3 aromatic rings. The number of rotatable bonds is 4. The molecule has 1 aliphatic rings. The van der Waals surface area contributed by atoms with Crippen LogP contribution < -0.4 is 9.64 Å². The fourth-order valence-electron chi connectivity index (χ4n) is 2.63. The number of anilines is 1. The summed E-state index contributed by atoms with van der Waals surface area (Å²) >= 11 is 0. The second-order valence-electron chi connectivity index (χ2n) is 5.26. The number of benzene rings is 1. The normalized spacial score (nSPS) is 13.3. The van der Waals surface area contributed by atoms with E-state index in [1.54, 1.807) is 24.1 Å². The predicted octanol–water partition coefficient (Wildman–Crippen LogP) is 2.64. The van der Waals surface area contributed by atoms with Crippen LogP contribution in [-0.4, -0.2) is 35.5 Å². The van der Waals surface area contributed by atoms with Crippen molar-refractivity contribution in [3.8, 4) is 16.9 Å². The number of hydrogen-bond acceptors (Lipinski definition) is 6. The topological polar surface area (TPSA) is 61.1 Å². The fourth-order valence-corrected chi connectivity index (χ4v) is 2.63. The van der Waals surface area contributed by atoms with Crippen LogP contribution in [0.1, 0.15) is 0 Å². The first-order chi connectivity index (χ1) is 11.8. The largest absolute Gasteiger partial charge is 0.496 e. The molecular weight excluding hydrogens is 308 g/mol. The summed E-state index contributed by atoms with van der Waals surface area (Å²) in [4.78, 5) is 6.55. The van der Waals surface area contributed by atoms with Crippen LogP contribution in [0.2, 0.25) is 0 Å². The van der Waals surface area contributed by atoms with Gasteiger partial charge in [0.25, 0.3) is 0 Å². The van der Waals surface area contributed by atoms with Crippen LogP contribution in [0, 0.1) is 0 Å². The van der Waals surface area contributed by atoms with E-state index in [4.69, 9.17) is 19.2 Å². The van der Waals surface area contributed by atoms with Gasteiger partial charge in [-0.3, -0.25) is 4.90 Å². The lowest BCUT2D eigenvalue weighted by molar-refractivity contribution is 0.0790. The Kier molecular flexibility index (Phi) is 3.45. The number of hydrogen-bond donors (Lipinski definition) is 0. The highest BCUT2D eigenvalue weighted by Gasteiger charge is 2.17. The highest BCUT2D eigenvalue weighted by molar-refractivity contribution is 5.81. The van der Waals surface area contributed by atoms with E-state index in [0.717, 1.165) is 28.3 Å². The van der Waals surface area contributed by atoms with Crippen molar-refractivity contribution >= 4 is 11.5 Å². The molecule has 0 radical (unpaired) electrons. The molecule has 0 unspecified atom stereocenters. The van der Waals surface area contributed by atoms with Crippen molar-refractivity contribution in [3.05, 3.63) is 54.9 Å². The number of fused-ring (bicyclic) bond motifs is 1. The summed E-state index contributed by atoms with van der Waals surface area (Å²) in [5.41, 5.74) is 2.59. The molecule has 0 bridgehead atoms. The zero-order valence-electron chi connectivity index (χ0n) is 13.3. The minimum atomic E-state index is 0.223. The summed E-state index contributed by atoms with van der Waals surface area (Å²) in [5.74, 6) is 2.13. The number of nitrogens with zero attached hydrogens (tertiary/aromatic N) is 4. The predicted molar refractivity (Wildman–Crippen MR) is 88.5 cm³/mol. The minimum absolute atomic E-state index is 0.223. The summed E-state index contributed by atoms with van der Waals surface area (Å²) in [7, 11) is 3.53. The maximum atomic E-state index is 5.46. The first-order valence-electron chi connectivity index (χ1n) is 7.44. The van der Waals surface area contributed by atoms with Crippen LogP contribution in [-0.2, 0) is 9.47 Å². The Morgan fingerprint density at radius 1 is 1.21 bits per heavy atom. The van der Waals surface area contributed by atoms with Gasteiger partial charge in [0.2, 0.25) is 12.7 Å². The zero-order valence-corrected chi connectivity index (χ0v) is 13.3. The van der Waals surface area contributed by atoms with Crippen LogP contribution in [0.5, 0.6) is 5.75 Å². The molecule has 0 N–H and O–H groups in total. The highest BCUT2D eigenvalue weighted by atomic mass is 16.7. The third-order valence-corrected chi connectivity index (χ3v) is 3.88. The Balaban J connectivity index is 1.82. The SMILES string of the molecule is COc1ccccc1-c1cnn2ccc(N(C)C3=COCO3)nc12. The van der Waals surface area contributed by atoms with Gasteiger partial charge in [-0.15, -0.1) is 0 Å². The maximum Gasteiger partial charge on any atom is 0.233 e. The molecule has 2 aromatic heterocycles. The van der Waals surface area contributed by atoms with Gasteiger partial charge in [0.1, 0.15) is 17.8 Å². The van der Waals surface area contributed by atoms with Crippen molar-refractivity contribution in [1.82, 2.24) is 14.6 Å². The highest BCUT2D eigenvalue weighted by Crippen LogP contribution is 2.32. The molecule has 7 heteroatoms. The molecule has 4 rings (SSSR count). The Morgan fingerprint density at radius 3 is 2.88 bits per heavy atom. The third-order valence-electron chi connectivity index (χ3n) is 3.88. The molecule has 0 saturated heterocycles. The van der Waals surface area contributed by atoms with Crippen molar-refractivity contribution in [3.63, 3.8) is 0 Å². The van der Waals surface area contributed by atoms with Crippen LogP contribution in [0.3, 0.4) is 0 Å². The molecule has 1 aliphatic heterocycles. The van der Waals surface area contributed by atoms with Crippen molar-refractivity contribution in [1.29, 1.82) is 0 Å². The van der Waals surface area contributed by atoms with Crippen LogP contribution in [0.25, 0.3) is 16.8 Å². The van der Waals surface area contributed by atoms with Gasteiger partial charge < -0.3 is 14.2 Å². The Labute approximate surface area is 138 Å². The number of ether oxygens (including phenoxy) is 3. The Bertz CT molecular complexity index is 919. The summed E-state index contributed by atoms with van der Waals surface area (Å²) in [5, 5.41) is 4.38. The van der Waals surface area contributed by atoms with E-state index in [0.29, 0.717) is 5.88 Å². The standard InChI is InChI=1S/C17H16N4O3/c1-20(16-10-23-11-24-16)15-7-8-21-17(19-15)13(9-18-21)12-5-3-4-6-14(12)22-2/h3-10H,11H2,1-2H3.